The number of nitrogens with one attached hydrogen (secondary N) is 1. The quantitative estimate of drug-likeness (QED) is 0.475. The van der Waals surface area contributed by atoms with Crippen LogP contribution in [-0.4, -0.2) is 24.1 Å². The Morgan fingerprint density at radius 1 is 1.14 bits per heavy atom. The second-order valence-corrected chi connectivity index (χ2v) is 4.03. The molecular weight excluding hydrogens is 289 g/mol. The third-order valence-corrected chi connectivity index (χ3v) is 2.32. The number of hydrogen-bond donors (Lipinski definition) is 1. The molecule has 0 radical (unpaired) electrons. The maximum absolute atomic E-state index is 5.54. The lowest BCUT2D eigenvalue weighted by atomic mass is 10.3. The largest absolute Gasteiger partial charge is 0.494 e. The summed E-state index contributed by atoms with van der Waals surface area (Å²) in [5.74, 6) is 0.960. The molecule has 0 aliphatic carbocycles. The lowest BCUT2D eigenvalue weighted by Gasteiger charge is -2.05. The normalized spacial score (nSPS) is 10.1. The Morgan fingerprint density at radius 3 is 2.64 bits per heavy atom. The van der Waals surface area contributed by atoms with Crippen molar-refractivity contribution in [2.24, 2.45) is 0 Å². The number of halogens is 1. The highest BCUT2D eigenvalue weighted by Gasteiger charge is 1.91. The molecule has 0 aliphatic heterocycles. The molecule has 0 atom stereocenters. The number of hydrogen-bond acceptors (Lipinski definition) is 2. The summed E-state index contributed by atoms with van der Waals surface area (Å²) in [7, 11) is 0. The van der Waals surface area contributed by atoms with E-state index in [9.17, 15) is 0 Å². The zero-order valence-electron chi connectivity index (χ0n) is 8.21. The van der Waals surface area contributed by atoms with Gasteiger partial charge in [-0.15, -0.1) is 0 Å². The Hall–Kier alpha value is -0.290. The highest BCUT2D eigenvalue weighted by molar-refractivity contribution is 14.1. The van der Waals surface area contributed by atoms with Crippen LogP contribution in [0.1, 0.15) is 6.42 Å². The van der Waals surface area contributed by atoms with E-state index in [1.54, 1.807) is 0 Å². The molecule has 3 heteroatoms. The molecule has 0 fully saturated rings. The first-order chi connectivity index (χ1) is 6.93. The van der Waals surface area contributed by atoms with E-state index in [0.29, 0.717) is 0 Å². The van der Waals surface area contributed by atoms with Crippen LogP contribution in [0.4, 0.5) is 0 Å². The molecule has 0 aromatic heterocycles. The van der Waals surface area contributed by atoms with Gasteiger partial charge in [0.25, 0.3) is 0 Å². The third kappa shape index (κ3) is 5.44. The van der Waals surface area contributed by atoms with Crippen LogP contribution in [0.15, 0.2) is 30.3 Å². The van der Waals surface area contributed by atoms with E-state index in [0.717, 1.165) is 36.3 Å². The van der Waals surface area contributed by atoms with E-state index in [-0.39, 0.29) is 0 Å². The van der Waals surface area contributed by atoms with E-state index in [1.165, 1.54) is 0 Å². The first kappa shape index (κ1) is 11.8. The fourth-order valence-electron chi connectivity index (χ4n) is 1.10. The molecule has 1 rings (SSSR count). The van der Waals surface area contributed by atoms with Crippen LogP contribution in [0.2, 0.25) is 0 Å². The average Bonchev–Trinajstić information content (AvgIpc) is 2.25. The van der Waals surface area contributed by atoms with Crippen molar-refractivity contribution >= 4 is 22.6 Å². The van der Waals surface area contributed by atoms with Crippen LogP contribution in [-0.2, 0) is 0 Å². The van der Waals surface area contributed by atoms with Gasteiger partial charge in [-0.2, -0.15) is 0 Å². The van der Waals surface area contributed by atoms with Crippen LogP contribution < -0.4 is 10.1 Å². The standard InChI is InChI=1S/C11H16INO/c12-7-9-13-8-4-10-14-11-5-2-1-3-6-11/h1-3,5-6,13H,4,7-10H2. The monoisotopic (exact) mass is 305 g/mol. The molecule has 0 unspecified atom stereocenters. The first-order valence-corrected chi connectivity index (χ1v) is 6.40. The Labute approximate surface area is 99.2 Å². The van der Waals surface area contributed by atoms with E-state index in [2.05, 4.69) is 27.9 Å². The van der Waals surface area contributed by atoms with Crippen molar-refractivity contribution in [1.29, 1.82) is 0 Å². The zero-order chi connectivity index (χ0) is 10.1. The van der Waals surface area contributed by atoms with Gasteiger partial charge in [-0.25, -0.2) is 0 Å². The molecule has 14 heavy (non-hydrogen) atoms. The van der Waals surface area contributed by atoms with Gasteiger partial charge in [-0.3, -0.25) is 0 Å². The van der Waals surface area contributed by atoms with E-state index in [1.807, 2.05) is 30.3 Å². The summed E-state index contributed by atoms with van der Waals surface area (Å²) in [4.78, 5) is 0. The van der Waals surface area contributed by atoms with Crippen molar-refractivity contribution in [3.8, 4) is 5.75 Å². The molecule has 1 aromatic rings. The second-order valence-electron chi connectivity index (χ2n) is 2.95. The van der Waals surface area contributed by atoms with Crippen LogP contribution in [0.3, 0.4) is 0 Å². The fourth-order valence-corrected chi connectivity index (χ4v) is 1.48. The highest BCUT2D eigenvalue weighted by atomic mass is 127. The molecule has 0 saturated carbocycles. The van der Waals surface area contributed by atoms with Crippen molar-refractivity contribution in [1.82, 2.24) is 5.32 Å². The topological polar surface area (TPSA) is 21.3 Å². The molecule has 0 aliphatic rings. The molecule has 0 amide bonds. The van der Waals surface area contributed by atoms with Gasteiger partial charge in [0.05, 0.1) is 6.61 Å². The summed E-state index contributed by atoms with van der Waals surface area (Å²) in [5.41, 5.74) is 0. The van der Waals surface area contributed by atoms with Gasteiger partial charge >= 0.3 is 0 Å². The van der Waals surface area contributed by atoms with Crippen molar-refractivity contribution < 1.29 is 4.74 Å². The molecule has 78 valence electrons. The van der Waals surface area contributed by atoms with Crippen LogP contribution >= 0.6 is 22.6 Å². The average molecular weight is 305 g/mol. The van der Waals surface area contributed by atoms with Crippen molar-refractivity contribution in [3.05, 3.63) is 30.3 Å². The Morgan fingerprint density at radius 2 is 1.93 bits per heavy atom. The van der Waals surface area contributed by atoms with Crippen molar-refractivity contribution in [3.63, 3.8) is 0 Å². The van der Waals surface area contributed by atoms with Gasteiger partial charge in [0.2, 0.25) is 0 Å². The number of ether oxygens (including phenoxy) is 1. The molecule has 1 aromatic carbocycles. The van der Waals surface area contributed by atoms with Gasteiger partial charge in [0.1, 0.15) is 5.75 Å². The lowest BCUT2D eigenvalue weighted by molar-refractivity contribution is 0.309. The minimum atomic E-state index is 0.790. The van der Waals surface area contributed by atoms with Gasteiger partial charge in [0.15, 0.2) is 0 Å². The number of alkyl halides is 1. The molecular formula is C11H16INO. The van der Waals surface area contributed by atoms with Crippen molar-refractivity contribution in [2.45, 2.75) is 6.42 Å². The summed E-state index contributed by atoms with van der Waals surface area (Å²) in [5, 5.41) is 3.33. The molecule has 2 nitrogen and oxygen atoms in total. The van der Waals surface area contributed by atoms with Crippen LogP contribution in [0, 0.1) is 0 Å². The lowest BCUT2D eigenvalue weighted by Crippen LogP contribution is -2.19. The van der Waals surface area contributed by atoms with Gasteiger partial charge in [-0.1, -0.05) is 40.8 Å². The van der Waals surface area contributed by atoms with E-state index < -0.39 is 0 Å². The molecule has 1 N–H and O–H groups in total. The van der Waals surface area contributed by atoms with Gasteiger partial charge in [0, 0.05) is 11.0 Å². The summed E-state index contributed by atoms with van der Waals surface area (Å²) in [6, 6.07) is 9.94. The molecule has 0 heterocycles. The predicted molar refractivity (Wildman–Crippen MR) is 68.3 cm³/mol. The maximum Gasteiger partial charge on any atom is 0.119 e. The minimum absolute atomic E-state index is 0.790. The minimum Gasteiger partial charge on any atom is -0.494 e. The van der Waals surface area contributed by atoms with Crippen LogP contribution in [0.5, 0.6) is 5.75 Å². The maximum atomic E-state index is 5.54. The molecule has 0 bridgehead atoms. The zero-order valence-corrected chi connectivity index (χ0v) is 10.4. The Kier molecular flexibility index (Phi) is 6.78. The SMILES string of the molecule is ICCNCCCOc1ccccc1. The summed E-state index contributed by atoms with van der Waals surface area (Å²) in [6.45, 7) is 2.92. The molecule has 0 spiro atoms. The Balaban J connectivity index is 1.99. The summed E-state index contributed by atoms with van der Waals surface area (Å²) in [6.07, 6.45) is 1.06. The van der Waals surface area contributed by atoms with E-state index in [4.69, 9.17) is 4.74 Å². The van der Waals surface area contributed by atoms with E-state index >= 15 is 0 Å². The second kappa shape index (κ2) is 8.05. The number of para-hydroxylation sites is 1. The number of rotatable bonds is 7. The van der Waals surface area contributed by atoms with Crippen LogP contribution in [0.25, 0.3) is 0 Å². The smallest absolute Gasteiger partial charge is 0.119 e. The fraction of sp³-hybridized carbons (Fsp3) is 0.455. The summed E-state index contributed by atoms with van der Waals surface area (Å²) < 4.78 is 6.71. The Bertz CT molecular complexity index is 228. The van der Waals surface area contributed by atoms with Crippen molar-refractivity contribution in [2.75, 3.05) is 24.1 Å². The third-order valence-electron chi connectivity index (χ3n) is 1.78. The predicted octanol–water partition coefficient (Wildman–Crippen LogP) is 2.48. The first-order valence-electron chi connectivity index (χ1n) is 4.88. The molecule has 0 saturated heterocycles. The number of benzene rings is 1. The summed E-state index contributed by atoms with van der Waals surface area (Å²) >= 11 is 2.36. The highest BCUT2D eigenvalue weighted by Crippen LogP contribution is 2.07. The van der Waals surface area contributed by atoms with Gasteiger partial charge in [-0.05, 0) is 25.1 Å². The van der Waals surface area contributed by atoms with Gasteiger partial charge < -0.3 is 10.1 Å².